The van der Waals surface area contributed by atoms with Gasteiger partial charge in [-0.25, -0.2) is 0 Å². The Kier molecular flexibility index (Phi) is 3.60. The molecule has 0 radical (unpaired) electrons. The molecule has 0 spiro atoms. The van der Waals surface area contributed by atoms with E-state index in [0.29, 0.717) is 0 Å². The van der Waals surface area contributed by atoms with Crippen LogP contribution in [0.1, 0.15) is 26.7 Å². The zero-order valence-electron chi connectivity index (χ0n) is 10.6. The third-order valence-corrected chi connectivity index (χ3v) is 3.87. The summed E-state index contributed by atoms with van der Waals surface area (Å²) in [6, 6.07) is 1.51. The zero-order chi connectivity index (χ0) is 16.0. The number of rotatable bonds is 0. The van der Waals surface area contributed by atoms with Gasteiger partial charge in [-0.3, -0.25) is 0 Å². The number of hydrogen-bond acceptors (Lipinski definition) is 2. The highest BCUT2D eigenvalue weighted by molar-refractivity contribution is 5.35. The Hall–Kier alpha value is -1.70. The average Bonchev–Trinajstić information content (AvgIpc) is 2.28. The molecule has 2 atom stereocenters. The van der Waals surface area contributed by atoms with E-state index in [4.69, 9.17) is 10.5 Å². The Morgan fingerprint density at radius 3 is 1.20 bits per heavy atom. The first-order valence-corrected chi connectivity index (χ1v) is 5.50. The van der Waals surface area contributed by atoms with E-state index in [9.17, 15) is 26.3 Å². The van der Waals surface area contributed by atoms with E-state index in [-0.39, 0.29) is 11.1 Å². The van der Waals surface area contributed by atoms with Crippen LogP contribution in [-0.2, 0) is 0 Å². The summed E-state index contributed by atoms with van der Waals surface area (Å²) < 4.78 is 79.3. The van der Waals surface area contributed by atoms with Crippen molar-refractivity contribution in [1.82, 2.24) is 0 Å². The summed E-state index contributed by atoms with van der Waals surface area (Å²) in [5, 5.41) is 17.7. The van der Waals surface area contributed by atoms with Gasteiger partial charge in [0, 0.05) is 0 Å². The molecule has 2 nitrogen and oxygen atoms in total. The topological polar surface area (TPSA) is 47.6 Å². The van der Waals surface area contributed by atoms with Crippen LogP contribution in [0.4, 0.5) is 26.3 Å². The van der Waals surface area contributed by atoms with Gasteiger partial charge >= 0.3 is 12.4 Å². The maximum absolute atomic E-state index is 13.2. The molecule has 0 aliphatic heterocycles. The molecule has 8 heteroatoms. The van der Waals surface area contributed by atoms with Crippen molar-refractivity contribution in [2.24, 2.45) is 10.8 Å². The lowest BCUT2D eigenvalue weighted by Gasteiger charge is -2.46. The first-order valence-electron chi connectivity index (χ1n) is 5.50. The molecular formula is C12H10F6N2. The van der Waals surface area contributed by atoms with E-state index >= 15 is 0 Å². The molecule has 0 amide bonds. The first-order chi connectivity index (χ1) is 8.88. The Balaban J connectivity index is 3.79. The fourth-order valence-corrected chi connectivity index (χ4v) is 2.48. The van der Waals surface area contributed by atoms with Gasteiger partial charge in [-0.15, -0.1) is 0 Å². The van der Waals surface area contributed by atoms with Gasteiger partial charge in [0.2, 0.25) is 0 Å². The Bertz CT molecular complexity index is 482. The molecule has 0 heterocycles. The van der Waals surface area contributed by atoms with Crippen LogP contribution in [0.2, 0.25) is 0 Å². The van der Waals surface area contributed by atoms with Crippen molar-refractivity contribution in [3.05, 3.63) is 11.1 Å². The summed E-state index contributed by atoms with van der Waals surface area (Å²) in [4.78, 5) is 0. The van der Waals surface area contributed by atoms with Crippen LogP contribution in [0.15, 0.2) is 11.1 Å². The lowest BCUT2D eigenvalue weighted by molar-refractivity contribution is -0.307. The monoisotopic (exact) mass is 296 g/mol. The predicted molar refractivity (Wildman–Crippen MR) is 55.8 cm³/mol. The van der Waals surface area contributed by atoms with Crippen LogP contribution < -0.4 is 0 Å². The molecule has 0 aromatic rings. The summed E-state index contributed by atoms with van der Waals surface area (Å²) >= 11 is 0. The summed E-state index contributed by atoms with van der Waals surface area (Å²) in [6.07, 6.45) is -13.2. The molecule has 1 aliphatic rings. The Morgan fingerprint density at radius 2 is 1.05 bits per heavy atom. The van der Waals surface area contributed by atoms with E-state index in [1.165, 1.54) is 13.8 Å². The molecule has 0 fully saturated rings. The highest BCUT2D eigenvalue weighted by Gasteiger charge is 2.78. The standard InChI is InChI=1S/C12H10F6N2/c1-7-3-9(5-19,11(13,14)15)10(6-20,4-8(7)2)12(16,17)18/h3-4H2,1-2H3/t9-,10-/m1/s1. The van der Waals surface area contributed by atoms with Crippen LogP contribution in [-0.4, -0.2) is 12.4 Å². The second-order valence-corrected chi connectivity index (χ2v) is 4.94. The first kappa shape index (κ1) is 16.4. The minimum atomic E-state index is -5.46. The van der Waals surface area contributed by atoms with Crippen molar-refractivity contribution >= 4 is 0 Å². The van der Waals surface area contributed by atoms with E-state index in [2.05, 4.69) is 0 Å². The molecule has 20 heavy (non-hydrogen) atoms. The second-order valence-electron chi connectivity index (χ2n) is 4.94. The zero-order valence-corrected chi connectivity index (χ0v) is 10.6. The Morgan fingerprint density at radius 1 is 0.800 bits per heavy atom. The number of alkyl halides is 6. The van der Waals surface area contributed by atoms with Crippen LogP contribution in [0, 0.1) is 33.5 Å². The van der Waals surface area contributed by atoms with E-state index in [1.54, 1.807) is 0 Å². The van der Waals surface area contributed by atoms with Crippen LogP contribution in [0.5, 0.6) is 0 Å². The number of nitrogens with zero attached hydrogens (tertiary/aromatic N) is 2. The maximum atomic E-state index is 13.2. The molecule has 0 N–H and O–H groups in total. The van der Waals surface area contributed by atoms with Crippen LogP contribution >= 0.6 is 0 Å². The van der Waals surface area contributed by atoms with Gasteiger partial charge in [0.25, 0.3) is 0 Å². The summed E-state index contributed by atoms with van der Waals surface area (Å²) in [5.74, 6) is 0. The van der Waals surface area contributed by atoms with E-state index in [0.717, 1.165) is 12.1 Å². The summed E-state index contributed by atoms with van der Waals surface area (Å²) in [6.45, 7) is 2.48. The minimum Gasteiger partial charge on any atom is -0.197 e. The third-order valence-electron chi connectivity index (χ3n) is 3.87. The van der Waals surface area contributed by atoms with Crippen LogP contribution in [0.3, 0.4) is 0 Å². The maximum Gasteiger partial charge on any atom is 0.409 e. The molecule has 0 saturated carbocycles. The highest BCUT2D eigenvalue weighted by Crippen LogP contribution is 2.65. The second kappa shape index (κ2) is 4.41. The quantitative estimate of drug-likeness (QED) is 0.495. The predicted octanol–water partition coefficient (Wildman–Crippen LogP) is 4.26. The number of nitriles is 2. The number of allylic oxidation sites excluding steroid dienone is 2. The average molecular weight is 296 g/mol. The molecule has 0 aromatic heterocycles. The van der Waals surface area contributed by atoms with Gasteiger partial charge in [-0.05, 0) is 26.7 Å². The minimum absolute atomic E-state index is 0.0546. The van der Waals surface area contributed by atoms with Crippen molar-refractivity contribution < 1.29 is 26.3 Å². The van der Waals surface area contributed by atoms with Gasteiger partial charge in [-0.1, -0.05) is 11.1 Å². The van der Waals surface area contributed by atoms with Crippen molar-refractivity contribution in [1.29, 1.82) is 10.5 Å². The van der Waals surface area contributed by atoms with Gasteiger partial charge in [-0.2, -0.15) is 36.9 Å². The smallest absolute Gasteiger partial charge is 0.197 e. The third kappa shape index (κ3) is 1.86. The lowest BCUT2D eigenvalue weighted by Crippen LogP contribution is -2.59. The largest absolute Gasteiger partial charge is 0.409 e. The SMILES string of the molecule is CC1=C(C)C[C@](C#N)(C(F)(F)F)[C@@](C#N)(C(F)(F)F)C1. The lowest BCUT2D eigenvalue weighted by atomic mass is 9.55. The normalized spacial score (nSPS) is 31.7. The molecule has 0 unspecified atom stereocenters. The van der Waals surface area contributed by atoms with Gasteiger partial charge in [0.15, 0.2) is 10.8 Å². The van der Waals surface area contributed by atoms with Crippen molar-refractivity contribution in [3.63, 3.8) is 0 Å². The van der Waals surface area contributed by atoms with Crippen molar-refractivity contribution in [2.45, 2.75) is 39.0 Å². The highest BCUT2D eigenvalue weighted by atomic mass is 19.4. The number of halogens is 6. The van der Waals surface area contributed by atoms with E-state index < -0.39 is 36.0 Å². The van der Waals surface area contributed by atoms with Crippen molar-refractivity contribution in [2.75, 3.05) is 0 Å². The molecule has 110 valence electrons. The fraction of sp³-hybridized carbons (Fsp3) is 0.667. The summed E-state index contributed by atoms with van der Waals surface area (Å²) in [5.41, 5.74) is -7.45. The van der Waals surface area contributed by atoms with E-state index in [1.807, 2.05) is 0 Å². The fourth-order valence-electron chi connectivity index (χ4n) is 2.48. The van der Waals surface area contributed by atoms with Gasteiger partial charge < -0.3 is 0 Å². The Labute approximate surface area is 111 Å². The van der Waals surface area contributed by atoms with Crippen molar-refractivity contribution in [3.8, 4) is 12.1 Å². The van der Waals surface area contributed by atoms with Crippen LogP contribution in [0.25, 0.3) is 0 Å². The molecule has 1 rings (SSSR count). The molecule has 0 aromatic carbocycles. The van der Waals surface area contributed by atoms with Gasteiger partial charge in [0.1, 0.15) is 0 Å². The molecular weight excluding hydrogens is 286 g/mol. The molecule has 0 bridgehead atoms. The summed E-state index contributed by atoms with van der Waals surface area (Å²) in [7, 11) is 0. The van der Waals surface area contributed by atoms with Gasteiger partial charge in [0.05, 0.1) is 12.1 Å². The molecule has 1 aliphatic carbocycles. The number of hydrogen-bond donors (Lipinski definition) is 0. The molecule has 0 saturated heterocycles.